The molecule has 0 bridgehead atoms. The number of rotatable bonds is 7. The van der Waals surface area contributed by atoms with Crippen molar-refractivity contribution >= 4 is 5.97 Å². The summed E-state index contributed by atoms with van der Waals surface area (Å²) < 4.78 is 23.5. The minimum atomic E-state index is -1.05. The number of carboxylic acid groups (broad SMARTS) is 1. The fourth-order valence-electron chi connectivity index (χ4n) is 1.58. The van der Waals surface area contributed by atoms with E-state index in [1.54, 1.807) is 12.1 Å². The van der Waals surface area contributed by atoms with Gasteiger partial charge in [0.25, 0.3) is 0 Å². The topological polar surface area (TPSA) is 68.7 Å². The van der Waals surface area contributed by atoms with Gasteiger partial charge >= 0.3 is 5.97 Å². The fourth-order valence-corrected chi connectivity index (χ4v) is 1.58. The van der Waals surface area contributed by atoms with Crippen molar-refractivity contribution in [1.82, 2.24) is 4.98 Å². The highest BCUT2D eigenvalue weighted by Crippen LogP contribution is 2.13. The largest absolute Gasteiger partial charge is 0.493 e. The molecule has 0 atom stereocenters. The molecule has 0 saturated carbocycles. The lowest BCUT2D eigenvalue weighted by atomic mass is 10.3. The molecule has 0 unspecified atom stereocenters. The van der Waals surface area contributed by atoms with Crippen molar-refractivity contribution in [2.75, 3.05) is 13.2 Å². The van der Waals surface area contributed by atoms with E-state index in [1.165, 1.54) is 30.6 Å². The van der Waals surface area contributed by atoms with E-state index in [-0.39, 0.29) is 11.4 Å². The van der Waals surface area contributed by atoms with Crippen LogP contribution in [0.5, 0.6) is 11.5 Å². The molecule has 1 heterocycles. The smallest absolute Gasteiger partial charge is 0.337 e. The maximum atomic E-state index is 12.7. The highest BCUT2D eigenvalue weighted by molar-refractivity contribution is 5.87. The van der Waals surface area contributed by atoms with Crippen LogP contribution in [-0.4, -0.2) is 29.3 Å². The summed E-state index contributed by atoms with van der Waals surface area (Å²) in [4.78, 5) is 14.6. The van der Waals surface area contributed by atoms with Crippen LogP contribution in [0.1, 0.15) is 16.8 Å². The predicted octanol–water partition coefficient (Wildman–Crippen LogP) is 2.77. The van der Waals surface area contributed by atoms with Crippen molar-refractivity contribution in [2.24, 2.45) is 0 Å². The molecule has 2 aromatic rings. The number of nitrogens with zero attached hydrogens (tertiary/aromatic N) is 1. The third-order valence-electron chi connectivity index (χ3n) is 2.60. The molecular weight excluding hydrogens is 277 g/mol. The van der Waals surface area contributed by atoms with E-state index < -0.39 is 5.97 Å². The van der Waals surface area contributed by atoms with Crippen molar-refractivity contribution in [3.63, 3.8) is 0 Å². The van der Waals surface area contributed by atoms with Crippen molar-refractivity contribution < 1.29 is 23.8 Å². The number of ether oxygens (including phenoxy) is 2. The number of aromatic carboxylic acids is 1. The molecule has 5 nitrogen and oxygen atoms in total. The highest BCUT2D eigenvalue weighted by Gasteiger charge is 2.04. The zero-order chi connectivity index (χ0) is 15.1. The van der Waals surface area contributed by atoms with Gasteiger partial charge in [-0.1, -0.05) is 0 Å². The average molecular weight is 291 g/mol. The van der Waals surface area contributed by atoms with Gasteiger partial charge in [0.2, 0.25) is 0 Å². The first-order valence-corrected chi connectivity index (χ1v) is 6.34. The normalized spacial score (nSPS) is 10.1. The molecular formula is C15H14FNO4. The Hall–Kier alpha value is -2.63. The Kier molecular flexibility index (Phi) is 5.09. The standard InChI is InChI=1S/C15H14FNO4/c16-12-2-4-13(5-3-12)20-6-1-7-21-14-8-11(15(18)19)9-17-10-14/h2-5,8-10H,1,6-7H2,(H,18,19). The first kappa shape index (κ1) is 14.8. The number of carbonyl (C=O) groups is 1. The fraction of sp³-hybridized carbons (Fsp3) is 0.200. The van der Waals surface area contributed by atoms with Crippen molar-refractivity contribution in [2.45, 2.75) is 6.42 Å². The summed E-state index contributed by atoms with van der Waals surface area (Å²) in [5.74, 6) is -0.369. The van der Waals surface area contributed by atoms with E-state index in [0.717, 1.165) is 0 Å². The summed E-state index contributed by atoms with van der Waals surface area (Å²) in [7, 11) is 0. The molecule has 0 amide bonds. The Balaban J connectivity index is 1.71. The van der Waals surface area contributed by atoms with Gasteiger partial charge in [-0.25, -0.2) is 9.18 Å². The lowest BCUT2D eigenvalue weighted by Gasteiger charge is -2.08. The van der Waals surface area contributed by atoms with Gasteiger partial charge in [0, 0.05) is 12.6 Å². The zero-order valence-corrected chi connectivity index (χ0v) is 11.2. The highest BCUT2D eigenvalue weighted by atomic mass is 19.1. The van der Waals surface area contributed by atoms with Crippen molar-refractivity contribution in [3.8, 4) is 11.5 Å². The second kappa shape index (κ2) is 7.23. The van der Waals surface area contributed by atoms with E-state index in [2.05, 4.69) is 4.98 Å². The average Bonchev–Trinajstić information content (AvgIpc) is 2.49. The van der Waals surface area contributed by atoms with Crippen molar-refractivity contribution in [3.05, 3.63) is 54.1 Å². The molecule has 1 N–H and O–H groups in total. The van der Waals surface area contributed by atoms with Crippen LogP contribution in [0.25, 0.3) is 0 Å². The second-order valence-corrected chi connectivity index (χ2v) is 4.22. The maximum absolute atomic E-state index is 12.7. The van der Waals surface area contributed by atoms with Crippen LogP contribution in [0.2, 0.25) is 0 Å². The molecule has 0 aliphatic carbocycles. The summed E-state index contributed by atoms with van der Waals surface area (Å²) in [5, 5.41) is 8.82. The Morgan fingerprint density at radius 2 is 1.76 bits per heavy atom. The van der Waals surface area contributed by atoms with Crippen LogP contribution in [-0.2, 0) is 0 Å². The molecule has 110 valence electrons. The van der Waals surface area contributed by atoms with E-state index in [1.807, 2.05) is 0 Å². The van der Waals surface area contributed by atoms with Crippen LogP contribution in [0.4, 0.5) is 4.39 Å². The van der Waals surface area contributed by atoms with Crippen LogP contribution in [0.3, 0.4) is 0 Å². The third kappa shape index (κ3) is 4.76. The summed E-state index contributed by atoms with van der Waals surface area (Å²) in [6.45, 7) is 0.781. The summed E-state index contributed by atoms with van der Waals surface area (Å²) >= 11 is 0. The molecule has 0 aliphatic heterocycles. The zero-order valence-electron chi connectivity index (χ0n) is 11.2. The Morgan fingerprint density at radius 1 is 1.10 bits per heavy atom. The van der Waals surface area contributed by atoms with Gasteiger partial charge in [-0.3, -0.25) is 4.98 Å². The number of halogens is 1. The number of hydrogen-bond acceptors (Lipinski definition) is 4. The number of aromatic nitrogens is 1. The van der Waals surface area contributed by atoms with Gasteiger partial charge in [-0.05, 0) is 30.3 Å². The summed E-state index contributed by atoms with van der Waals surface area (Å²) in [5.41, 5.74) is 0.0788. The lowest BCUT2D eigenvalue weighted by Crippen LogP contribution is -2.06. The van der Waals surface area contributed by atoms with Gasteiger partial charge in [-0.2, -0.15) is 0 Å². The molecule has 0 saturated heterocycles. The van der Waals surface area contributed by atoms with Crippen molar-refractivity contribution in [1.29, 1.82) is 0 Å². The SMILES string of the molecule is O=C(O)c1cncc(OCCCOc2ccc(F)cc2)c1. The number of carboxylic acids is 1. The molecule has 0 radical (unpaired) electrons. The van der Waals surface area contributed by atoms with E-state index in [0.29, 0.717) is 31.1 Å². The monoisotopic (exact) mass is 291 g/mol. The molecule has 1 aromatic heterocycles. The Morgan fingerprint density at radius 3 is 2.43 bits per heavy atom. The van der Waals surface area contributed by atoms with Gasteiger partial charge in [0.15, 0.2) is 0 Å². The number of pyridine rings is 1. The van der Waals surface area contributed by atoms with Crippen LogP contribution in [0, 0.1) is 5.82 Å². The molecule has 0 aliphatic rings. The molecule has 0 spiro atoms. The minimum Gasteiger partial charge on any atom is -0.493 e. The summed E-state index contributed by atoms with van der Waals surface area (Å²) in [6, 6.07) is 7.17. The quantitative estimate of drug-likeness (QED) is 0.794. The molecule has 2 rings (SSSR count). The van der Waals surface area contributed by atoms with Crippen LogP contribution < -0.4 is 9.47 Å². The van der Waals surface area contributed by atoms with Gasteiger partial charge < -0.3 is 14.6 Å². The number of benzene rings is 1. The van der Waals surface area contributed by atoms with E-state index in [9.17, 15) is 9.18 Å². The molecule has 21 heavy (non-hydrogen) atoms. The molecule has 6 heteroatoms. The predicted molar refractivity (Wildman–Crippen MR) is 73.2 cm³/mol. The molecule has 1 aromatic carbocycles. The van der Waals surface area contributed by atoms with Gasteiger partial charge in [-0.15, -0.1) is 0 Å². The van der Waals surface area contributed by atoms with E-state index in [4.69, 9.17) is 14.6 Å². The Bertz CT molecular complexity index is 601. The first-order valence-electron chi connectivity index (χ1n) is 6.34. The van der Waals surface area contributed by atoms with E-state index >= 15 is 0 Å². The Labute approximate surface area is 121 Å². The maximum Gasteiger partial charge on any atom is 0.337 e. The van der Waals surface area contributed by atoms with Gasteiger partial charge in [0.05, 0.1) is 25.0 Å². The van der Waals surface area contributed by atoms with Crippen LogP contribution >= 0.6 is 0 Å². The van der Waals surface area contributed by atoms with Gasteiger partial charge in [0.1, 0.15) is 17.3 Å². The van der Waals surface area contributed by atoms with Crippen LogP contribution in [0.15, 0.2) is 42.7 Å². The minimum absolute atomic E-state index is 0.0788. The second-order valence-electron chi connectivity index (χ2n) is 4.22. The third-order valence-corrected chi connectivity index (χ3v) is 2.60. The molecule has 0 fully saturated rings. The number of hydrogen-bond donors (Lipinski definition) is 1. The first-order chi connectivity index (χ1) is 10.1. The lowest BCUT2D eigenvalue weighted by molar-refractivity contribution is 0.0695. The summed E-state index contributed by atoms with van der Waals surface area (Å²) in [6.07, 6.45) is 3.31.